The van der Waals surface area contributed by atoms with Crippen LogP contribution in [0.2, 0.25) is 0 Å². The summed E-state index contributed by atoms with van der Waals surface area (Å²) in [5, 5.41) is 2.98. The number of fused-ring (bicyclic) bond motifs is 2. The summed E-state index contributed by atoms with van der Waals surface area (Å²) in [7, 11) is 1.58. The van der Waals surface area contributed by atoms with Crippen molar-refractivity contribution in [3.63, 3.8) is 0 Å². The second-order valence-corrected chi connectivity index (χ2v) is 8.42. The summed E-state index contributed by atoms with van der Waals surface area (Å²) in [6.45, 7) is 8.84. The number of methoxy groups -OCH3 is 1. The highest BCUT2D eigenvalue weighted by Gasteiger charge is 2.29. The summed E-state index contributed by atoms with van der Waals surface area (Å²) in [6, 6.07) is 5.41. The molecule has 0 fully saturated rings. The number of nitrogens with one attached hydrogen (secondary N) is 1. The molecule has 176 valence electrons. The number of aromatic nitrogens is 2. The molecule has 0 aliphatic carbocycles. The lowest BCUT2D eigenvalue weighted by Crippen LogP contribution is -2.34. The van der Waals surface area contributed by atoms with Gasteiger partial charge >= 0.3 is 6.03 Å². The number of aryl methyl sites for hydroxylation is 1. The molecule has 4 rings (SSSR count). The monoisotopic (exact) mass is 451 g/mol. The summed E-state index contributed by atoms with van der Waals surface area (Å²) in [6.07, 6.45) is 7.29. The zero-order chi connectivity index (χ0) is 23.4. The van der Waals surface area contributed by atoms with E-state index in [1.54, 1.807) is 31.1 Å². The van der Waals surface area contributed by atoms with Gasteiger partial charge in [0.25, 0.3) is 0 Å². The molecule has 1 aliphatic heterocycles. The minimum atomic E-state index is -0.218. The van der Waals surface area contributed by atoms with Crippen molar-refractivity contribution in [2.45, 2.75) is 52.9 Å². The van der Waals surface area contributed by atoms with Crippen molar-refractivity contribution < 1.29 is 13.9 Å². The highest BCUT2D eigenvalue weighted by atomic mass is 16.5. The Balaban J connectivity index is 1.56. The van der Waals surface area contributed by atoms with E-state index < -0.39 is 0 Å². The molecule has 1 N–H and O–H groups in total. The highest BCUT2D eigenvalue weighted by molar-refractivity contribution is 6.04. The molecular formula is C25H33N5O3. The van der Waals surface area contributed by atoms with Crippen LogP contribution in [0, 0.1) is 6.92 Å². The average molecular weight is 452 g/mol. The molecule has 0 atom stereocenters. The predicted molar refractivity (Wildman–Crippen MR) is 132 cm³/mol. The number of urea groups is 1. The molecule has 3 aromatic rings. The molecule has 2 aromatic heterocycles. The first-order chi connectivity index (χ1) is 16.0. The first-order valence-electron chi connectivity index (χ1n) is 11.8. The first-order valence-corrected chi connectivity index (χ1v) is 11.8. The topological polar surface area (TPSA) is 83.7 Å². The Kier molecular flexibility index (Phi) is 7.01. The summed E-state index contributed by atoms with van der Waals surface area (Å²) < 4.78 is 11.1. The van der Waals surface area contributed by atoms with Gasteiger partial charge in [-0.15, -0.1) is 0 Å². The van der Waals surface area contributed by atoms with Gasteiger partial charge in [0.15, 0.2) is 22.7 Å². The van der Waals surface area contributed by atoms with E-state index in [0.29, 0.717) is 35.0 Å². The fourth-order valence-electron chi connectivity index (χ4n) is 4.47. The van der Waals surface area contributed by atoms with Gasteiger partial charge in [0, 0.05) is 61.8 Å². The number of benzene rings is 1. The van der Waals surface area contributed by atoms with Gasteiger partial charge < -0.3 is 19.4 Å². The second-order valence-electron chi connectivity index (χ2n) is 8.42. The third-order valence-electron chi connectivity index (χ3n) is 6.00. The molecule has 0 unspecified atom stereocenters. The maximum atomic E-state index is 13.2. The van der Waals surface area contributed by atoms with Crippen LogP contribution in [0.4, 0.5) is 22.0 Å². The van der Waals surface area contributed by atoms with E-state index in [9.17, 15) is 4.79 Å². The maximum Gasteiger partial charge on any atom is 0.327 e. The third-order valence-corrected chi connectivity index (χ3v) is 6.00. The number of unbranched alkanes of at least 4 members (excludes halogenated alkanes) is 2. The van der Waals surface area contributed by atoms with Crippen LogP contribution in [0.3, 0.4) is 0 Å². The van der Waals surface area contributed by atoms with E-state index in [1.807, 2.05) is 6.20 Å². The van der Waals surface area contributed by atoms with Gasteiger partial charge in [-0.25, -0.2) is 14.8 Å². The van der Waals surface area contributed by atoms with Gasteiger partial charge in [-0.3, -0.25) is 4.90 Å². The minimum Gasteiger partial charge on any atom is -0.494 e. The van der Waals surface area contributed by atoms with Crippen LogP contribution < -0.4 is 19.9 Å². The SMILES string of the molecule is CCCCCN(CCC)c1ccnc2c1CCN2C(=O)Nc1cc(OC)c2nc(C)oc2c1. The molecule has 33 heavy (non-hydrogen) atoms. The summed E-state index contributed by atoms with van der Waals surface area (Å²) in [4.78, 5) is 26.3. The van der Waals surface area contributed by atoms with Gasteiger partial charge in [0.1, 0.15) is 5.82 Å². The third kappa shape index (κ3) is 4.74. The lowest BCUT2D eigenvalue weighted by molar-refractivity contribution is 0.257. The molecular weight excluding hydrogens is 418 g/mol. The number of nitrogens with zero attached hydrogens (tertiary/aromatic N) is 4. The molecule has 8 heteroatoms. The number of carbonyl (C=O) groups excluding carboxylic acids is 1. The second kappa shape index (κ2) is 10.1. The molecule has 0 radical (unpaired) electrons. The van der Waals surface area contributed by atoms with Crippen LogP contribution in [0.1, 0.15) is 51.0 Å². The van der Waals surface area contributed by atoms with Gasteiger partial charge in [-0.2, -0.15) is 0 Å². The minimum absolute atomic E-state index is 0.218. The van der Waals surface area contributed by atoms with Crippen molar-refractivity contribution in [3.8, 4) is 5.75 Å². The normalized spacial score (nSPS) is 12.8. The number of carbonyl (C=O) groups is 1. The smallest absolute Gasteiger partial charge is 0.327 e. The molecule has 3 heterocycles. The average Bonchev–Trinajstić information content (AvgIpc) is 3.41. The van der Waals surface area contributed by atoms with Crippen LogP contribution in [0.25, 0.3) is 11.1 Å². The van der Waals surface area contributed by atoms with E-state index in [2.05, 4.69) is 40.1 Å². The largest absolute Gasteiger partial charge is 0.494 e. The molecule has 8 nitrogen and oxygen atoms in total. The van der Waals surface area contributed by atoms with E-state index in [4.69, 9.17) is 9.15 Å². The number of amides is 2. The van der Waals surface area contributed by atoms with Crippen LogP contribution in [-0.2, 0) is 6.42 Å². The standard InChI is InChI=1S/C25H33N5O3/c1-5-7-8-13-29(12-6-2)20-9-11-26-24-19(20)10-14-30(24)25(31)28-18-15-21(32-4)23-22(16-18)33-17(3)27-23/h9,11,15-16H,5-8,10,12-14H2,1-4H3,(H,28,31). The lowest BCUT2D eigenvalue weighted by Gasteiger charge is -2.26. The molecule has 0 spiro atoms. The lowest BCUT2D eigenvalue weighted by atomic mass is 10.1. The van der Waals surface area contributed by atoms with Crippen LogP contribution in [0.5, 0.6) is 5.75 Å². The number of rotatable bonds is 9. The fourth-order valence-corrected chi connectivity index (χ4v) is 4.47. The highest BCUT2D eigenvalue weighted by Crippen LogP contribution is 2.35. The molecule has 1 aromatic carbocycles. The van der Waals surface area contributed by atoms with Crippen molar-refractivity contribution in [2.24, 2.45) is 0 Å². The Morgan fingerprint density at radius 1 is 1.24 bits per heavy atom. The van der Waals surface area contributed by atoms with E-state index in [1.165, 1.54) is 24.9 Å². The maximum absolute atomic E-state index is 13.2. The van der Waals surface area contributed by atoms with Crippen molar-refractivity contribution in [1.82, 2.24) is 9.97 Å². The molecule has 0 saturated heterocycles. The van der Waals surface area contributed by atoms with E-state index in [0.717, 1.165) is 37.3 Å². The van der Waals surface area contributed by atoms with Gasteiger partial charge in [-0.1, -0.05) is 26.7 Å². The fraction of sp³-hybridized carbons (Fsp3) is 0.480. The zero-order valence-corrected chi connectivity index (χ0v) is 20.0. The Morgan fingerprint density at radius 3 is 2.85 bits per heavy atom. The predicted octanol–water partition coefficient (Wildman–Crippen LogP) is 5.54. The zero-order valence-electron chi connectivity index (χ0n) is 20.0. The molecule has 1 aliphatic rings. The number of pyridine rings is 1. The van der Waals surface area contributed by atoms with E-state index in [-0.39, 0.29) is 6.03 Å². The Morgan fingerprint density at radius 2 is 2.09 bits per heavy atom. The van der Waals surface area contributed by atoms with Crippen LogP contribution in [-0.4, -0.2) is 42.7 Å². The molecule has 2 amide bonds. The van der Waals surface area contributed by atoms with Crippen molar-refractivity contribution in [2.75, 3.05) is 41.9 Å². The van der Waals surface area contributed by atoms with Crippen molar-refractivity contribution in [1.29, 1.82) is 0 Å². The van der Waals surface area contributed by atoms with Gasteiger partial charge in [-0.05, 0) is 25.3 Å². The van der Waals surface area contributed by atoms with Gasteiger partial charge in [0.05, 0.1) is 7.11 Å². The summed E-state index contributed by atoms with van der Waals surface area (Å²) in [5.74, 6) is 1.85. The van der Waals surface area contributed by atoms with Crippen LogP contribution in [0.15, 0.2) is 28.8 Å². The molecule has 0 saturated carbocycles. The Hall–Kier alpha value is -3.29. The van der Waals surface area contributed by atoms with Crippen LogP contribution >= 0.6 is 0 Å². The molecule has 0 bridgehead atoms. The number of hydrogen-bond donors (Lipinski definition) is 1. The van der Waals surface area contributed by atoms with Gasteiger partial charge in [0.2, 0.25) is 0 Å². The van der Waals surface area contributed by atoms with Crippen molar-refractivity contribution >= 4 is 34.3 Å². The van der Waals surface area contributed by atoms with E-state index >= 15 is 0 Å². The van der Waals surface area contributed by atoms with Crippen molar-refractivity contribution in [3.05, 3.63) is 35.9 Å². The summed E-state index contributed by atoms with van der Waals surface area (Å²) in [5.41, 5.74) is 4.17. The Bertz CT molecular complexity index is 1130. The number of anilines is 3. The Labute approximate surface area is 194 Å². The number of ether oxygens (including phenoxy) is 1. The quantitative estimate of drug-likeness (QED) is 0.430. The number of oxazole rings is 1. The summed E-state index contributed by atoms with van der Waals surface area (Å²) >= 11 is 0. The number of hydrogen-bond acceptors (Lipinski definition) is 6. The first kappa shape index (κ1) is 22.9.